The van der Waals surface area contributed by atoms with Crippen molar-refractivity contribution in [3.63, 3.8) is 0 Å². The summed E-state index contributed by atoms with van der Waals surface area (Å²) < 4.78 is 44.8. The molecule has 0 bridgehead atoms. The molecule has 2 N–H and O–H groups in total. The summed E-state index contributed by atoms with van der Waals surface area (Å²) in [6.45, 7) is 0. The minimum atomic E-state index is -3.79. The molecule has 0 saturated heterocycles. The van der Waals surface area contributed by atoms with Crippen LogP contribution in [0, 0.1) is 9.39 Å². The van der Waals surface area contributed by atoms with Crippen molar-refractivity contribution in [1.29, 1.82) is 0 Å². The number of carbonyl (C=O) groups excluding carboxylic acids is 1. The van der Waals surface area contributed by atoms with E-state index in [1.165, 1.54) is 30.6 Å². The lowest BCUT2D eigenvalue weighted by atomic mass is 10.2. The minimum Gasteiger partial charge on any atom is -0.448 e. The van der Waals surface area contributed by atoms with Crippen molar-refractivity contribution in [2.45, 2.75) is 0 Å². The van der Waals surface area contributed by atoms with Crippen LogP contribution in [0.15, 0.2) is 41.1 Å². The van der Waals surface area contributed by atoms with Gasteiger partial charge in [0.05, 0.1) is 17.3 Å². The predicted octanol–water partition coefficient (Wildman–Crippen LogP) is 3.00. The number of hydrogen-bond donors (Lipinski definition) is 2. The Morgan fingerprint density at radius 1 is 1.32 bits per heavy atom. The van der Waals surface area contributed by atoms with Crippen LogP contribution in [0.5, 0.6) is 0 Å². The van der Waals surface area contributed by atoms with Crippen LogP contribution >= 0.6 is 22.6 Å². The SMILES string of the molecule is CS(=O)(=O)NC(=O)c1oc2ccncc2c1Nc1ccc(I)cc1F. The molecule has 0 spiro atoms. The van der Waals surface area contributed by atoms with E-state index in [0.717, 1.165) is 6.26 Å². The maximum absolute atomic E-state index is 14.1. The van der Waals surface area contributed by atoms with Gasteiger partial charge < -0.3 is 9.73 Å². The Morgan fingerprint density at radius 2 is 2.08 bits per heavy atom. The third-order valence-electron chi connectivity index (χ3n) is 3.16. The zero-order valence-electron chi connectivity index (χ0n) is 12.7. The summed E-state index contributed by atoms with van der Waals surface area (Å²) in [5.74, 6) is -1.78. The molecule has 0 aliphatic heterocycles. The van der Waals surface area contributed by atoms with Gasteiger partial charge in [0, 0.05) is 16.0 Å². The zero-order chi connectivity index (χ0) is 18.2. The number of carbonyl (C=O) groups is 1. The zero-order valence-corrected chi connectivity index (χ0v) is 15.7. The molecule has 2 heterocycles. The number of anilines is 2. The highest BCUT2D eigenvalue weighted by Gasteiger charge is 2.24. The molecule has 0 atom stereocenters. The Bertz CT molecular complexity index is 1080. The van der Waals surface area contributed by atoms with Gasteiger partial charge in [-0.1, -0.05) is 0 Å². The summed E-state index contributed by atoms with van der Waals surface area (Å²) in [5.41, 5.74) is 0.548. The fourth-order valence-electron chi connectivity index (χ4n) is 2.17. The topological polar surface area (TPSA) is 101 Å². The van der Waals surface area contributed by atoms with E-state index >= 15 is 0 Å². The van der Waals surface area contributed by atoms with Crippen molar-refractivity contribution in [3.05, 3.63) is 51.8 Å². The first-order chi connectivity index (χ1) is 11.7. The highest BCUT2D eigenvalue weighted by Crippen LogP contribution is 2.33. The molecule has 0 saturated carbocycles. The molecule has 10 heteroatoms. The molecule has 7 nitrogen and oxygen atoms in total. The Morgan fingerprint density at radius 3 is 2.76 bits per heavy atom. The van der Waals surface area contributed by atoms with Crippen LogP contribution in [0.1, 0.15) is 10.6 Å². The number of nitrogens with zero attached hydrogens (tertiary/aromatic N) is 1. The lowest BCUT2D eigenvalue weighted by Crippen LogP contribution is -2.29. The maximum Gasteiger partial charge on any atom is 0.302 e. The Kier molecular flexibility index (Phi) is 4.64. The number of sulfonamides is 1. The highest BCUT2D eigenvalue weighted by molar-refractivity contribution is 14.1. The van der Waals surface area contributed by atoms with Gasteiger partial charge >= 0.3 is 5.91 Å². The number of hydrogen-bond acceptors (Lipinski definition) is 6. The van der Waals surface area contributed by atoms with E-state index in [4.69, 9.17) is 4.42 Å². The molecule has 2 aromatic heterocycles. The Hall–Kier alpha value is -2.21. The molecule has 3 rings (SSSR count). The number of amides is 1. The second-order valence-corrected chi connectivity index (χ2v) is 8.12. The number of fused-ring (bicyclic) bond motifs is 1. The van der Waals surface area contributed by atoms with E-state index in [2.05, 4.69) is 10.3 Å². The molecule has 0 unspecified atom stereocenters. The third-order valence-corrected chi connectivity index (χ3v) is 4.39. The summed E-state index contributed by atoms with van der Waals surface area (Å²) in [6.07, 6.45) is 3.74. The molecule has 3 aromatic rings. The quantitative estimate of drug-likeness (QED) is 0.563. The van der Waals surface area contributed by atoms with Crippen LogP contribution in [0.3, 0.4) is 0 Å². The number of rotatable bonds is 4. The predicted molar refractivity (Wildman–Crippen MR) is 98.7 cm³/mol. The van der Waals surface area contributed by atoms with E-state index in [-0.39, 0.29) is 17.1 Å². The van der Waals surface area contributed by atoms with E-state index in [1.807, 2.05) is 27.3 Å². The fraction of sp³-hybridized carbons (Fsp3) is 0.0667. The van der Waals surface area contributed by atoms with Gasteiger partial charge in [0.2, 0.25) is 15.8 Å². The summed E-state index contributed by atoms with van der Waals surface area (Å²) in [6, 6.07) is 6.02. The second-order valence-electron chi connectivity index (χ2n) is 5.13. The average molecular weight is 475 g/mol. The van der Waals surface area contributed by atoms with Gasteiger partial charge in [-0.3, -0.25) is 9.78 Å². The van der Waals surface area contributed by atoms with Crippen LogP contribution in [0.4, 0.5) is 15.8 Å². The van der Waals surface area contributed by atoms with Gasteiger partial charge in [0.15, 0.2) is 0 Å². The summed E-state index contributed by atoms with van der Waals surface area (Å²) in [4.78, 5) is 16.2. The van der Waals surface area contributed by atoms with Crippen molar-refractivity contribution in [3.8, 4) is 0 Å². The normalized spacial score (nSPS) is 11.5. The lowest BCUT2D eigenvalue weighted by Gasteiger charge is -2.08. The molecule has 0 radical (unpaired) electrons. The van der Waals surface area contributed by atoms with Crippen molar-refractivity contribution in [2.75, 3.05) is 11.6 Å². The van der Waals surface area contributed by atoms with Gasteiger partial charge in [0.25, 0.3) is 0 Å². The molecule has 130 valence electrons. The van der Waals surface area contributed by atoms with Crippen LogP contribution in [-0.2, 0) is 10.0 Å². The van der Waals surface area contributed by atoms with E-state index in [9.17, 15) is 17.6 Å². The summed E-state index contributed by atoms with van der Waals surface area (Å²) in [7, 11) is -3.79. The molecule has 0 aliphatic rings. The number of halogens is 2. The van der Waals surface area contributed by atoms with Gasteiger partial charge in [0.1, 0.15) is 17.1 Å². The molecule has 1 aromatic carbocycles. The van der Waals surface area contributed by atoms with Crippen LogP contribution in [0.25, 0.3) is 11.0 Å². The largest absolute Gasteiger partial charge is 0.448 e. The fourth-order valence-corrected chi connectivity index (χ4v) is 3.05. The van der Waals surface area contributed by atoms with Gasteiger partial charge in [-0.2, -0.15) is 0 Å². The standard InChI is InChI=1S/C15H11FIN3O4S/c1-25(22,23)20-15(21)14-13(9-7-18-5-4-12(9)24-14)19-11-3-2-8(17)6-10(11)16/h2-7,19H,1H3,(H,20,21). The molecule has 0 aliphatic carbocycles. The van der Waals surface area contributed by atoms with Crippen LogP contribution < -0.4 is 10.0 Å². The third kappa shape index (κ3) is 3.90. The first kappa shape index (κ1) is 17.6. The number of furan rings is 1. The molecular weight excluding hydrogens is 464 g/mol. The van der Waals surface area contributed by atoms with Crippen molar-refractivity contribution in [1.82, 2.24) is 9.71 Å². The van der Waals surface area contributed by atoms with Crippen LogP contribution in [0.2, 0.25) is 0 Å². The molecule has 25 heavy (non-hydrogen) atoms. The van der Waals surface area contributed by atoms with Gasteiger partial charge in [-0.05, 0) is 46.9 Å². The Balaban J connectivity index is 2.11. The van der Waals surface area contributed by atoms with Gasteiger partial charge in [-0.15, -0.1) is 0 Å². The lowest BCUT2D eigenvalue weighted by molar-refractivity contribution is 0.0958. The van der Waals surface area contributed by atoms with Crippen LogP contribution in [-0.4, -0.2) is 25.6 Å². The Labute approximate surface area is 155 Å². The molecule has 1 amide bonds. The second kappa shape index (κ2) is 6.59. The van der Waals surface area contributed by atoms with E-state index in [0.29, 0.717) is 14.5 Å². The van der Waals surface area contributed by atoms with E-state index in [1.54, 1.807) is 6.07 Å². The molecule has 0 fully saturated rings. The van der Waals surface area contributed by atoms with Crippen molar-refractivity contribution in [2.24, 2.45) is 0 Å². The summed E-state index contributed by atoms with van der Waals surface area (Å²) in [5, 5.41) is 3.21. The highest BCUT2D eigenvalue weighted by atomic mass is 127. The first-order valence-electron chi connectivity index (χ1n) is 6.85. The minimum absolute atomic E-state index is 0.111. The first-order valence-corrected chi connectivity index (χ1v) is 9.82. The van der Waals surface area contributed by atoms with Gasteiger partial charge in [-0.25, -0.2) is 17.5 Å². The maximum atomic E-state index is 14.1. The number of nitrogens with one attached hydrogen (secondary N) is 2. The smallest absolute Gasteiger partial charge is 0.302 e. The van der Waals surface area contributed by atoms with Crippen molar-refractivity contribution < 1.29 is 22.0 Å². The number of benzene rings is 1. The van der Waals surface area contributed by atoms with Crippen molar-refractivity contribution >= 4 is 60.9 Å². The van der Waals surface area contributed by atoms with E-state index < -0.39 is 21.7 Å². The average Bonchev–Trinajstić information content (AvgIpc) is 2.87. The number of aromatic nitrogens is 1. The monoisotopic (exact) mass is 475 g/mol. The number of pyridine rings is 1. The summed E-state index contributed by atoms with van der Waals surface area (Å²) >= 11 is 1.97. The molecular formula is C15H11FIN3O4S.